The molecule has 1 aliphatic rings. The molecule has 0 saturated heterocycles. The summed E-state index contributed by atoms with van der Waals surface area (Å²) in [5.41, 5.74) is 3.78. The molecule has 0 fully saturated rings. The molecule has 0 amide bonds. The minimum Gasteiger partial charge on any atom is -0.465 e. The van der Waals surface area contributed by atoms with E-state index >= 15 is 0 Å². The number of allylic oxidation sites excluding steroid dienone is 2. The Hall–Kier alpha value is -2.67. The second kappa shape index (κ2) is 8.22. The highest BCUT2D eigenvalue weighted by molar-refractivity contribution is 8.04. The summed E-state index contributed by atoms with van der Waals surface area (Å²) in [6, 6.07) is 8.18. The maximum absolute atomic E-state index is 12.8. The monoisotopic (exact) mass is 429 g/mol. The van der Waals surface area contributed by atoms with Gasteiger partial charge in [-0.15, -0.1) is 11.8 Å². The Labute approximate surface area is 181 Å². The fourth-order valence-electron chi connectivity index (χ4n) is 3.77. The first-order chi connectivity index (χ1) is 14.2. The molecule has 0 aliphatic carbocycles. The number of fused-ring (bicyclic) bond motifs is 1. The zero-order valence-electron chi connectivity index (χ0n) is 18.4. The van der Waals surface area contributed by atoms with Crippen LogP contribution in [0.5, 0.6) is 0 Å². The number of esters is 2. The van der Waals surface area contributed by atoms with Crippen LogP contribution in [0.3, 0.4) is 0 Å². The highest BCUT2D eigenvalue weighted by atomic mass is 32.2. The summed E-state index contributed by atoms with van der Waals surface area (Å²) in [5, 5.41) is 0. The minimum absolute atomic E-state index is 0.0918. The lowest BCUT2D eigenvalue weighted by Gasteiger charge is -2.28. The van der Waals surface area contributed by atoms with Crippen LogP contribution < -0.4 is 4.90 Å². The van der Waals surface area contributed by atoms with Crippen LogP contribution >= 0.6 is 11.8 Å². The Morgan fingerprint density at radius 2 is 1.67 bits per heavy atom. The van der Waals surface area contributed by atoms with Gasteiger partial charge in [-0.05, 0) is 40.2 Å². The number of methoxy groups -OCH3 is 2. The van der Waals surface area contributed by atoms with Gasteiger partial charge in [0.25, 0.3) is 0 Å². The fraction of sp³-hybridized carbons (Fsp3) is 0.391. The Kier molecular flexibility index (Phi) is 6.04. The van der Waals surface area contributed by atoms with Gasteiger partial charge in [-0.1, -0.05) is 29.8 Å². The van der Waals surface area contributed by atoms with Crippen LogP contribution in [0.4, 0.5) is 5.69 Å². The average Bonchev–Trinajstić information content (AvgIpc) is 3.11. The van der Waals surface area contributed by atoms with E-state index in [2.05, 4.69) is 19.1 Å². The molecular formula is C23H27NO5S. The van der Waals surface area contributed by atoms with E-state index in [0.29, 0.717) is 18.0 Å². The summed E-state index contributed by atoms with van der Waals surface area (Å²) >= 11 is 1.64. The predicted octanol–water partition coefficient (Wildman–Crippen LogP) is 5.25. The number of carbonyl (C=O) groups is 2. The lowest BCUT2D eigenvalue weighted by molar-refractivity contribution is 0.0527. The van der Waals surface area contributed by atoms with Gasteiger partial charge in [-0.25, -0.2) is 9.59 Å². The van der Waals surface area contributed by atoms with Gasteiger partial charge in [0, 0.05) is 17.1 Å². The van der Waals surface area contributed by atoms with E-state index in [1.165, 1.54) is 14.2 Å². The molecule has 30 heavy (non-hydrogen) atoms. The van der Waals surface area contributed by atoms with Gasteiger partial charge < -0.3 is 18.8 Å². The van der Waals surface area contributed by atoms with Gasteiger partial charge in [-0.2, -0.15) is 0 Å². The van der Waals surface area contributed by atoms with Gasteiger partial charge in [0.1, 0.15) is 21.8 Å². The first-order valence-electron chi connectivity index (χ1n) is 9.74. The number of aryl methyl sites for hydroxylation is 1. The van der Waals surface area contributed by atoms with Crippen molar-refractivity contribution in [1.29, 1.82) is 0 Å². The number of anilines is 1. The SMILES string of the molecule is CCN1C(C)=C(C)SC(C)(c2ccc(C)cc2)c2oc(C(=O)OC)c(C(=O)OC)c21. The van der Waals surface area contributed by atoms with Gasteiger partial charge in [0.2, 0.25) is 5.76 Å². The van der Waals surface area contributed by atoms with Crippen molar-refractivity contribution in [3.05, 3.63) is 63.1 Å². The molecular weight excluding hydrogens is 402 g/mol. The number of nitrogens with zero attached hydrogens (tertiary/aromatic N) is 1. The first-order valence-corrected chi connectivity index (χ1v) is 10.6. The standard InChI is InChI=1S/C23H27NO5S/c1-8-24-14(3)15(4)30-23(5,16-11-9-13(2)10-12-16)20-18(24)17(21(25)27-6)19(29-20)22(26)28-7/h9-12H,8H2,1-7H3. The predicted molar refractivity (Wildman–Crippen MR) is 118 cm³/mol. The van der Waals surface area contributed by atoms with Crippen molar-refractivity contribution in [2.75, 3.05) is 25.7 Å². The number of carbonyl (C=O) groups excluding carboxylic acids is 2. The second-order valence-corrected chi connectivity index (χ2v) is 8.99. The number of furan rings is 1. The van der Waals surface area contributed by atoms with E-state index in [1.807, 2.05) is 44.7 Å². The molecule has 6 nitrogen and oxygen atoms in total. The maximum Gasteiger partial charge on any atom is 0.374 e. The average molecular weight is 430 g/mol. The third-order valence-electron chi connectivity index (χ3n) is 5.54. The van der Waals surface area contributed by atoms with Crippen LogP contribution in [0.25, 0.3) is 0 Å². The van der Waals surface area contributed by atoms with Crippen molar-refractivity contribution in [3.8, 4) is 0 Å². The van der Waals surface area contributed by atoms with Gasteiger partial charge in [0.15, 0.2) is 0 Å². The lowest BCUT2D eigenvalue weighted by Crippen LogP contribution is -2.25. The molecule has 3 rings (SSSR count). The summed E-state index contributed by atoms with van der Waals surface area (Å²) in [6.07, 6.45) is 0. The Balaban J connectivity index is 2.44. The van der Waals surface area contributed by atoms with Gasteiger partial charge >= 0.3 is 11.9 Å². The molecule has 1 unspecified atom stereocenters. The lowest BCUT2D eigenvalue weighted by atomic mass is 9.94. The van der Waals surface area contributed by atoms with Crippen LogP contribution in [0, 0.1) is 6.92 Å². The van der Waals surface area contributed by atoms with E-state index in [4.69, 9.17) is 13.9 Å². The zero-order valence-corrected chi connectivity index (χ0v) is 19.2. The smallest absolute Gasteiger partial charge is 0.374 e. The Morgan fingerprint density at radius 1 is 1.07 bits per heavy atom. The molecule has 2 aromatic rings. The zero-order chi connectivity index (χ0) is 22.2. The summed E-state index contributed by atoms with van der Waals surface area (Å²) in [6.45, 7) is 10.7. The van der Waals surface area contributed by atoms with E-state index in [9.17, 15) is 9.59 Å². The van der Waals surface area contributed by atoms with Crippen molar-refractivity contribution < 1.29 is 23.5 Å². The third kappa shape index (κ3) is 3.41. The molecule has 160 valence electrons. The molecule has 0 spiro atoms. The quantitative estimate of drug-likeness (QED) is 0.615. The van der Waals surface area contributed by atoms with Crippen LogP contribution in [-0.4, -0.2) is 32.7 Å². The normalized spacial score (nSPS) is 18.7. The molecule has 1 aliphatic heterocycles. The summed E-state index contributed by atoms with van der Waals surface area (Å²) < 4.78 is 15.4. The molecule has 0 bridgehead atoms. The molecule has 1 aromatic heterocycles. The van der Waals surface area contributed by atoms with Crippen LogP contribution in [0.15, 0.2) is 39.3 Å². The minimum atomic E-state index is -0.714. The van der Waals surface area contributed by atoms with Crippen molar-refractivity contribution in [2.45, 2.75) is 39.4 Å². The van der Waals surface area contributed by atoms with E-state index in [1.54, 1.807) is 11.8 Å². The number of benzene rings is 1. The molecule has 1 aromatic carbocycles. The van der Waals surface area contributed by atoms with Crippen molar-refractivity contribution in [1.82, 2.24) is 0 Å². The summed E-state index contributed by atoms with van der Waals surface area (Å²) in [7, 11) is 2.55. The molecule has 1 atom stereocenters. The molecule has 0 saturated carbocycles. The first kappa shape index (κ1) is 22.0. The molecule has 2 heterocycles. The van der Waals surface area contributed by atoms with E-state index in [0.717, 1.165) is 21.7 Å². The Morgan fingerprint density at radius 3 is 2.20 bits per heavy atom. The van der Waals surface area contributed by atoms with Crippen LogP contribution in [0.1, 0.15) is 65.5 Å². The maximum atomic E-state index is 12.8. The van der Waals surface area contributed by atoms with Crippen molar-refractivity contribution in [2.24, 2.45) is 0 Å². The Bertz CT molecular complexity index is 1020. The van der Waals surface area contributed by atoms with Crippen molar-refractivity contribution in [3.63, 3.8) is 0 Å². The number of ether oxygens (including phenoxy) is 2. The third-order valence-corrected chi connectivity index (χ3v) is 6.97. The van der Waals surface area contributed by atoms with Gasteiger partial charge in [-0.3, -0.25) is 0 Å². The molecule has 7 heteroatoms. The van der Waals surface area contributed by atoms with Crippen LogP contribution in [0.2, 0.25) is 0 Å². The molecule has 0 radical (unpaired) electrons. The highest BCUT2D eigenvalue weighted by Crippen LogP contribution is 2.55. The van der Waals surface area contributed by atoms with E-state index < -0.39 is 16.7 Å². The molecule has 0 N–H and O–H groups in total. The topological polar surface area (TPSA) is 69.0 Å². The number of hydrogen-bond acceptors (Lipinski definition) is 7. The highest BCUT2D eigenvalue weighted by Gasteiger charge is 2.45. The summed E-state index contributed by atoms with van der Waals surface area (Å²) in [4.78, 5) is 28.4. The van der Waals surface area contributed by atoms with E-state index in [-0.39, 0.29) is 11.3 Å². The fourth-order valence-corrected chi connectivity index (χ4v) is 5.13. The number of hydrogen-bond donors (Lipinski definition) is 0. The van der Waals surface area contributed by atoms with Crippen LogP contribution in [-0.2, 0) is 14.2 Å². The number of rotatable bonds is 4. The second-order valence-electron chi connectivity index (χ2n) is 7.35. The van der Waals surface area contributed by atoms with Crippen molar-refractivity contribution >= 4 is 29.4 Å². The largest absolute Gasteiger partial charge is 0.465 e. The number of thioether (sulfide) groups is 1. The van der Waals surface area contributed by atoms with Gasteiger partial charge in [0.05, 0.1) is 14.2 Å². The summed E-state index contributed by atoms with van der Waals surface area (Å²) in [5.74, 6) is -0.967.